The molecule has 1 amide bonds. The van der Waals surface area contributed by atoms with E-state index in [0.717, 1.165) is 5.56 Å². The highest BCUT2D eigenvalue weighted by atomic mass is 35.5. The fourth-order valence-electron chi connectivity index (χ4n) is 2.14. The average molecular weight is 379 g/mol. The van der Waals surface area contributed by atoms with Crippen LogP contribution in [0.3, 0.4) is 0 Å². The largest absolute Gasteiger partial charge is 0.367 e. The van der Waals surface area contributed by atoms with Crippen LogP contribution >= 0.6 is 35.6 Å². The van der Waals surface area contributed by atoms with E-state index in [-0.39, 0.29) is 18.4 Å². The molecule has 2 aromatic carbocycles. The summed E-state index contributed by atoms with van der Waals surface area (Å²) < 4.78 is 13.6. The molecule has 1 fully saturated rings. The first-order chi connectivity index (χ1) is 11.5. The maximum atomic E-state index is 13.2. The normalized spacial score (nSPS) is 16.1. The van der Waals surface area contributed by atoms with Gasteiger partial charge in [0.2, 0.25) is 0 Å². The molecular formula is C17H12ClFN2OS2. The highest BCUT2D eigenvalue weighted by molar-refractivity contribution is 8.26. The molecule has 24 heavy (non-hydrogen) atoms. The lowest BCUT2D eigenvalue weighted by Crippen LogP contribution is -2.33. The van der Waals surface area contributed by atoms with Gasteiger partial charge in [0, 0.05) is 10.7 Å². The molecule has 0 unspecified atom stereocenters. The maximum absolute atomic E-state index is 13.2. The van der Waals surface area contributed by atoms with E-state index in [9.17, 15) is 9.18 Å². The van der Waals surface area contributed by atoms with Crippen molar-refractivity contribution in [3.63, 3.8) is 0 Å². The Kier molecular flexibility index (Phi) is 5.18. The van der Waals surface area contributed by atoms with Crippen molar-refractivity contribution in [1.29, 1.82) is 0 Å². The van der Waals surface area contributed by atoms with Gasteiger partial charge in [0.1, 0.15) is 10.1 Å². The molecule has 0 spiro atoms. The van der Waals surface area contributed by atoms with E-state index < -0.39 is 0 Å². The first-order valence-corrected chi connectivity index (χ1v) is 8.64. The number of rotatable bonds is 4. The fraction of sp³-hybridized carbons (Fsp3) is 0.0588. The van der Waals surface area contributed by atoms with Gasteiger partial charge in [-0.2, -0.15) is 0 Å². The molecule has 7 heteroatoms. The Labute approximate surface area is 153 Å². The Hall–Kier alpha value is -1.89. The standard InChI is InChI=1S/C17H12ClFN2OS2/c18-14-7-2-1-4-11(14)8-15-16(22)21(17(23)24-15)10-20-13-6-3-5-12(19)9-13/h1-9,20H,10H2/b15-8+. The van der Waals surface area contributed by atoms with Crippen LogP contribution in [-0.2, 0) is 4.79 Å². The second-order valence-electron chi connectivity index (χ2n) is 4.98. The predicted octanol–water partition coefficient (Wildman–Crippen LogP) is 4.75. The van der Waals surface area contributed by atoms with E-state index in [2.05, 4.69) is 5.32 Å². The number of thiocarbonyl (C=S) groups is 1. The van der Waals surface area contributed by atoms with Crippen LogP contribution in [0.15, 0.2) is 53.4 Å². The minimum Gasteiger partial charge on any atom is -0.367 e. The number of carbonyl (C=O) groups excluding carboxylic acids is 1. The lowest BCUT2D eigenvalue weighted by atomic mass is 10.2. The number of thioether (sulfide) groups is 1. The minimum absolute atomic E-state index is 0.175. The Morgan fingerprint density at radius 1 is 1.25 bits per heavy atom. The molecule has 2 aromatic rings. The number of hydrogen-bond acceptors (Lipinski definition) is 4. The van der Waals surface area contributed by atoms with Crippen LogP contribution < -0.4 is 5.32 Å². The molecule has 0 bridgehead atoms. The third kappa shape index (κ3) is 3.77. The summed E-state index contributed by atoms with van der Waals surface area (Å²) in [7, 11) is 0. The fourth-order valence-corrected chi connectivity index (χ4v) is 3.57. The van der Waals surface area contributed by atoms with E-state index >= 15 is 0 Å². The van der Waals surface area contributed by atoms with Gasteiger partial charge in [0.05, 0.1) is 11.6 Å². The topological polar surface area (TPSA) is 32.3 Å². The van der Waals surface area contributed by atoms with Crippen LogP contribution in [-0.4, -0.2) is 21.8 Å². The van der Waals surface area contributed by atoms with Crippen molar-refractivity contribution < 1.29 is 9.18 Å². The van der Waals surface area contributed by atoms with Crippen molar-refractivity contribution in [2.45, 2.75) is 0 Å². The molecule has 3 rings (SSSR count). The van der Waals surface area contributed by atoms with Crippen molar-refractivity contribution in [3.8, 4) is 0 Å². The lowest BCUT2D eigenvalue weighted by molar-refractivity contribution is -0.121. The Morgan fingerprint density at radius 2 is 2.04 bits per heavy atom. The number of carbonyl (C=O) groups is 1. The first-order valence-electron chi connectivity index (χ1n) is 7.04. The lowest BCUT2D eigenvalue weighted by Gasteiger charge is -2.16. The molecule has 1 aliphatic rings. The summed E-state index contributed by atoms with van der Waals surface area (Å²) in [5, 5.41) is 3.57. The number of halogens is 2. The second-order valence-corrected chi connectivity index (χ2v) is 7.06. The quantitative estimate of drug-likeness (QED) is 0.614. The number of amides is 1. The molecule has 0 saturated carbocycles. The summed E-state index contributed by atoms with van der Waals surface area (Å²) in [5.41, 5.74) is 1.34. The molecular weight excluding hydrogens is 367 g/mol. The van der Waals surface area contributed by atoms with E-state index in [0.29, 0.717) is 19.9 Å². The Bertz CT molecular complexity index is 841. The third-order valence-corrected chi connectivity index (χ3v) is 5.05. The van der Waals surface area contributed by atoms with Gasteiger partial charge in [-0.15, -0.1) is 0 Å². The highest BCUT2D eigenvalue weighted by Crippen LogP contribution is 2.33. The molecule has 1 saturated heterocycles. The molecule has 0 aromatic heterocycles. The van der Waals surface area contributed by atoms with Gasteiger partial charge < -0.3 is 5.32 Å². The van der Waals surface area contributed by atoms with Crippen molar-refractivity contribution in [3.05, 3.63) is 69.8 Å². The number of hydrogen-bond donors (Lipinski definition) is 1. The molecule has 122 valence electrons. The van der Waals surface area contributed by atoms with Crippen LogP contribution in [0.4, 0.5) is 10.1 Å². The number of nitrogens with one attached hydrogen (secondary N) is 1. The third-order valence-electron chi connectivity index (χ3n) is 3.33. The average Bonchev–Trinajstić information content (AvgIpc) is 2.82. The van der Waals surface area contributed by atoms with Gasteiger partial charge in [-0.05, 0) is 35.9 Å². The zero-order valence-electron chi connectivity index (χ0n) is 12.3. The van der Waals surface area contributed by atoms with Gasteiger partial charge in [-0.3, -0.25) is 9.69 Å². The summed E-state index contributed by atoms with van der Waals surface area (Å²) in [6, 6.07) is 13.3. The molecule has 0 atom stereocenters. The molecule has 0 aliphatic carbocycles. The summed E-state index contributed by atoms with van der Waals surface area (Å²) in [4.78, 5) is 14.5. The van der Waals surface area contributed by atoms with Gasteiger partial charge >= 0.3 is 0 Å². The zero-order chi connectivity index (χ0) is 17.1. The predicted molar refractivity (Wildman–Crippen MR) is 101 cm³/mol. The van der Waals surface area contributed by atoms with Crippen LogP contribution in [0.1, 0.15) is 5.56 Å². The number of benzene rings is 2. The molecule has 1 N–H and O–H groups in total. The van der Waals surface area contributed by atoms with Gasteiger partial charge in [0.25, 0.3) is 5.91 Å². The van der Waals surface area contributed by atoms with Crippen molar-refractivity contribution in [2.75, 3.05) is 12.0 Å². The summed E-state index contributed by atoms with van der Waals surface area (Å²) in [6.07, 6.45) is 1.73. The number of nitrogens with zero attached hydrogens (tertiary/aromatic N) is 1. The van der Waals surface area contributed by atoms with E-state index in [1.165, 1.54) is 28.8 Å². The monoisotopic (exact) mass is 378 g/mol. The van der Waals surface area contributed by atoms with Crippen molar-refractivity contribution in [2.24, 2.45) is 0 Å². The summed E-state index contributed by atoms with van der Waals surface area (Å²) >= 11 is 12.6. The minimum atomic E-state index is -0.344. The van der Waals surface area contributed by atoms with E-state index in [1.54, 1.807) is 24.3 Å². The second kappa shape index (κ2) is 7.34. The molecule has 1 heterocycles. The highest BCUT2D eigenvalue weighted by Gasteiger charge is 2.31. The van der Waals surface area contributed by atoms with Crippen LogP contribution in [0.5, 0.6) is 0 Å². The summed E-state index contributed by atoms with van der Waals surface area (Å²) in [6.45, 7) is 0.175. The number of anilines is 1. The maximum Gasteiger partial charge on any atom is 0.267 e. The van der Waals surface area contributed by atoms with E-state index in [1.807, 2.05) is 18.2 Å². The van der Waals surface area contributed by atoms with Gasteiger partial charge in [-0.1, -0.05) is 59.8 Å². The van der Waals surface area contributed by atoms with Crippen molar-refractivity contribution in [1.82, 2.24) is 4.90 Å². The summed E-state index contributed by atoms with van der Waals surface area (Å²) in [5.74, 6) is -0.544. The molecule has 3 nitrogen and oxygen atoms in total. The van der Waals surface area contributed by atoms with Crippen LogP contribution in [0, 0.1) is 5.82 Å². The van der Waals surface area contributed by atoms with Crippen LogP contribution in [0.25, 0.3) is 6.08 Å². The molecule has 1 aliphatic heterocycles. The van der Waals surface area contributed by atoms with Gasteiger partial charge in [0.15, 0.2) is 0 Å². The molecule has 0 radical (unpaired) electrons. The first kappa shape index (κ1) is 17.0. The van der Waals surface area contributed by atoms with Gasteiger partial charge in [-0.25, -0.2) is 4.39 Å². The SMILES string of the molecule is O=C1/C(=C\c2ccccc2Cl)SC(=S)N1CNc1cccc(F)c1. The van der Waals surface area contributed by atoms with Crippen LogP contribution in [0.2, 0.25) is 5.02 Å². The Balaban J connectivity index is 1.73. The van der Waals surface area contributed by atoms with Crippen molar-refractivity contribution >= 4 is 57.6 Å². The Morgan fingerprint density at radius 3 is 2.79 bits per heavy atom. The zero-order valence-corrected chi connectivity index (χ0v) is 14.7. The smallest absolute Gasteiger partial charge is 0.267 e. The van der Waals surface area contributed by atoms with E-state index in [4.69, 9.17) is 23.8 Å².